The number of rotatable bonds is 11. The van der Waals surface area contributed by atoms with Gasteiger partial charge in [0.05, 0.1) is 51.8 Å². The number of aromatic carboxylic acids is 2. The third-order valence-corrected chi connectivity index (χ3v) is 8.25. The lowest BCUT2D eigenvalue weighted by Gasteiger charge is -2.20. The van der Waals surface area contributed by atoms with Crippen LogP contribution in [0.3, 0.4) is 0 Å². The first kappa shape index (κ1) is 33.1. The van der Waals surface area contributed by atoms with E-state index < -0.39 is 29.0 Å². The Balaban J connectivity index is 1.78. The third kappa shape index (κ3) is 6.39. The molecule has 0 unspecified atom stereocenters. The molecule has 0 saturated heterocycles. The molecule has 0 aliphatic heterocycles. The van der Waals surface area contributed by atoms with Gasteiger partial charge >= 0.3 is 11.9 Å². The number of ether oxygens (including phenoxy) is 2. The van der Waals surface area contributed by atoms with Gasteiger partial charge in [-0.3, -0.25) is 19.8 Å². The Morgan fingerprint density at radius 2 is 1.32 bits per heavy atom. The van der Waals surface area contributed by atoms with Gasteiger partial charge in [0.1, 0.15) is 0 Å². The van der Waals surface area contributed by atoms with Gasteiger partial charge in [0, 0.05) is 17.3 Å². The largest absolute Gasteiger partial charge is 0.493 e. The van der Waals surface area contributed by atoms with Gasteiger partial charge in [-0.25, -0.2) is 19.0 Å². The first-order valence-electron chi connectivity index (χ1n) is 14.6. The number of carboxylic acid groups (broad SMARTS) is 2. The smallest absolute Gasteiger partial charge is 0.335 e. The summed E-state index contributed by atoms with van der Waals surface area (Å²) in [5, 5.41) is 25.2. The maximum absolute atomic E-state index is 14.3. The number of nitrogens with zero attached hydrogens (tertiary/aromatic N) is 2. The number of benzene rings is 3. The number of aromatic nitrogens is 4. The van der Waals surface area contributed by atoms with Crippen LogP contribution >= 0.6 is 15.9 Å². The average molecular weight is 706 g/mol. The molecule has 0 aliphatic rings. The van der Waals surface area contributed by atoms with Crippen molar-refractivity contribution in [3.8, 4) is 22.9 Å². The van der Waals surface area contributed by atoms with E-state index in [0.29, 0.717) is 50.9 Å². The van der Waals surface area contributed by atoms with Crippen molar-refractivity contribution in [2.45, 2.75) is 33.6 Å². The predicted octanol–water partition coefficient (Wildman–Crippen LogP) is 5.64. The molecule has 47 heavy (non-hydrogen) atoms. The number of halogens is 1. The van der Waals surface area contributed by atoms with Gasteiger partial charge in [0.2, 0.25) is 0 Å². The van der Waals surface area contributed by atoms with Gasteiger partial charge in [-0.1, -0.05) is 26.0 Å². The molecule has 0 bridgehead atoms. The minimum Gasteiger partial charge on any atom is -0.493 e. The van der Waals surface area contributed by atoms with Crippen LogP contribution in [0, 0.1) is 19.8 Å². The summed E-state index contributed by atoms with van der Waals surface area (Å²) in [6.07, 6.45) is 0. The molecule has 12 nitrogen and oxygen atoms in total. The van der Waals surface area contributed by atoms with Gasteiger partial charge in [-0.15, -0.1) is 0 Å². The van der Waals surface area contributed by atoms with E-state index in [4.69, 9.17) is 9.47 Å². The number of carboxylic acids is 2. The number of methoxy groups -OCH3 is 1. The fraction of sp³-hybridized carbons (Fsp3) is 0.235. The second kappa shape index (κ2) is 13.2. The SMILES string of the molecule is COc1cc(C(c2c(C)[nH]n(-c3cccc(C(=O)O)c3)c2=O)c2c(C)[nH]n(-c3cccc(C(=O)O)c3)c2=O)cc(Br)c1OCC(C)C. The van der Waals surface area contributed by atoms with Crippen LogP contribution in [-0.4, -0.2) is 55.4 Å². The van der Waals surface area contributed by atoms with Crippen LogP contribution in [0.5, 0.6) is 11.5 Å². The Morgan fingerprint density at radius 3 is 1.74 bits per heavy atom. The normalized spacial score (nSPS) is 11.3. The Bertz CT molecular complexity index is 2010. The number of carbonyl (C=O) groups is 2. The second-order valence-electron chi connectivity index (χ2n) is 11.5. The highest BCUT2D eigenvalue weighted by Gasteiger charge is 2.32. The van der Waals surface area contributed by atoms with Gasteiger partial charge in [-0.2, -0.15) is 0 Å². The first-order valence-corrected chi connectivity index (χ1v) is 15.4. The lowest BCUT2D eigenvalue weighted by molar-refractivity contribution is 0.0686. The molecule has 0 radical (unpaired) electrons. The molecule has 3 aromatic carbocycles. The molecule has 0 spiro atoms. The zero-order valence-electron chi connectivity index (χ0n) is 26.3. The van der Waals surface area contributed by atoms with Crippen molar-refractivity contribution in [2.24, 2.45) is 5.92 Å². The predicted molar refractivity (Wildman–Crippen MR) is 178 cm³/mol. The minimum absolute atomic E-state index is 0.00152. The van der Waals surface area contributed by atoms with Gasteiger partial charge < -0.3 is 19.7 Å². The topological polar surface area (TPSA) is 169 Å². The number of nitrogens with one attached hydrogen (secondary N) is 2. The van der Waals surface area contributed by atoms with Crippen LogP contribution in [0.15, 0.2) is 74.7 Å². The molecule has 13 heteroatoms. The maximum Gasteiger partial charge on any atom is 0.335 e. The quantitative estimate of drug-likeness (QED) is 0.137. The molecule has 4 N–H and O–H groups in total. The lowest BCUT2D eigenvalue weighted by atomic mass is 9.85. The number of H-pyrrole nitrogens is 2. The highest BCUT2D eigenvalue weighted by Crippen LogP contribution is 2.42. The molecule has 0 saturated carbocycles. The summed E-state index contributed by atoms with van der Waals surface area (Å²) >= 11 is 3.60. The molecular formula is C34H33BrN4O8. The molecule has 5 aromatic rings. The fourth-order valence-electron chi connectivity index (χ4n) is 5.49. The number of hydrogen-bond donors (Lipinski definition) is 4. The van der Waals surface area contributed by atoms with Crippen LogP contribution in [0.2, 0.25) is 0 Å². The molecule has 0 atom stereocenters. The van der Waals surface area contributed by atoms with E-state index >= 15 is 0 Å². The molecule has 0 aliphatic carbocycles. The van der Waals surface area contributed by atoms with Crippen molar-refractivity contribution in [2.75, 3.05) is 13.7 Å². The summed E-state index contributed by atoms with van der Waals surface area (Å²) in [5.74, 6) is -2.17. The summed E-state index contributed by atoms with van der Waals surface area (Å²) < 4.78 is 14.8. The summed E-state index contributed by atoms with van der Waals surface area (Å²) in [5.41, 5.74) is 1.49. The second-order valence-corrected chi connectivity index (χ2v) is 12.3. The Hall–Kier alpha value is -5.30. The number of aromatic amines is 2. The third-order valence-electron chi connectivity index (χ3n) is 7.66. The Labute approximate surface area is 277 Å². The molecule has 2 aromatic heterocycles. The first-order chi connectivity index (χ1) is 22.3. The summed E-state index contributed by atoms with van der Waals surface area (Å²) in [7, 11) is 1.50. The van der Waals surface area contributed by atoms with Crippen molar-refractivity contribution >= 4 is 27.9 Å². The molecule has 244 valence electrons. The van der Waals surface area contributed by atoms with Gasteiger partial charge in [0.25, 0.3) is 11.1 Å². The maximum atomic E-state index is 14.3. The van der Waals surface area contributed by atoms with E-state index in [9.17, 15) is 29.4 Å². The van der Waals surface area contributed by atoms with Crippen molar-refractivity contribution < 1.29 is 29.3 Å². The van der Waals surface area contributed by atoms with Crippen molar-refractivity contribution in [3.63, 3.8) is 0 Å². The zero-order chi connectivity index (χ0) is 34.2. The fourth-order valence-corrected chi connectivity index (χ4v) is 6.07. The van der Waals surface area contributed by atoms with Gasteiger partial charge in [0.15, 0.2) is 11.5 Å². The van der Waals surface area contributed by atoms with E-state index in [2.05, 4.69) is 26.1 Å². The Morgan fingerprint density at radius 1 is 0.830 bits per heavy atom. The summed E-state index contributed by atoms with van der Waals surface area (Å²) in [6, 6.07) is 15.4. The number of aryl methyl sites for hydroxylation is 2. The molecule has 0 fully saturated rings. The van der Waals surface area contributed by atoms with Crippen LogP contribution in [0.25, 0.3) is 11.4 Å². The van der Waals surface area contributed by atoms with Crippen LogP contribution in [0.1, 0.15) is 68.6 Å². The minimum atomic E-state index is -1.14. The van der Waals surface area contributed by atoms with E-state index in [1.165, 1.54) is 52.9 Å². The van der Waals surface area contributed by atoms with Gasteiger partial charge in [-0.05, 0) is 89.8 Å². The van der Waals surface area contributed by atoms with E-state index in [1.807, 2.05) is 13.8 Å². The van der Waals surface area contributed by atoms with E-state index in [-0.39, 0.29) is 28.2 Å². The highest BCUT2D eigenvalue weighted by atomic mass is 79.9. The number of hydrogen-bond acceptors (Lipinski definition) is 6. The Kier molecular flexibility index (Phi) is 9.29. The van der Waals surface area contributed by atoms with E-state index in [0.717, 1.165) is 0 Å². The van der Waals surface area contributed by atoms with Crippen molar-refractivity contribution in [3.05, 3.63) is 125 Å². The van der Waals surface area contributed by atoms with Crippen LogP contribution < -0.4 is 20.6 Å². The average Bonchev–Trinajstić information content (AvgIpc) is 3.50. The molecule has 5 rings (SSSR count). The monoisotopic (exact) mass is 704 g/mol. The standard InChI is InChI=1S/C34H33BrN4O8/c1-17(2)16-47-30-25(35)14-22(15-26(30)46-5)29(27-18(3)36-38(31(27)40)23-10-6-8-20(12-23)33(42)43)28-19(4)37-39(32(28)41)24-11-7-9-21(13-24)34(44)45/h6-15,17,29,36-37H,16H2,1-5H3,(H,42,43)(H,44,45). The van der Waals surface area contributed by atoms with Crippen LogP contribution in [0.4, 0.5) is 0 Å². The molecule has 0 amide bonds. The molecule has 2 heterocycles. The molecular weight excluding hydrogens is 672 g/mol. The van der Waals surface area contributed by atoms with Crippen molar-refractivity contribution in [1.29, 1.82) is 0 Å². The van der Waals surface area contributed by atoms with E-state index in [1.54, 1.807) is 38.1 Å². The summed E-state index contributed by atoms with van der Waals surface area (Å²) in [4.78, 5) is 51.9. The summed E-state index contributed by atoms with van der Waals surface area (Å²) in [6.45, 7) is 7.85. The van der Waals surface area contributed by atoms with Crippen LogP contribution in [-0.2, 0) is 0 Å². The highest BCUT2D eigenvalue weighted by molar-refractivity contribution is 9.10. The lowest BCUT2D eigenvalue weighted by Crippen LogP contribution is -2.25. The zero-order valence-corrected chi connectivity index (χ0v) is 27.8. The van der Waals surface area contributed by atoms with Crippen molar-refractivity contribution in [1.82, 2.24) is 19.6 Å².